The van der Waals surface area contributed by atoms with E-state index < -0.39 is 13.6 Å². The fourth-order valence-corrected chi connectivity index (χ4v) is 3.69. The summed E-state index contributed by atoms with van der Waals surface area (Å²) in [5.41, 5.74) is 0.609. The molecule has 132 valence electrons. The van der Waals surface area contributed by atoms with Gasteiger partial charge in [0.05, 0.1) is 19.0 Å². The van der Waals surface area contributed by atoms with Crippen LogP contribution in [0.1, 0.15) is 12.5 Å². The van der Waals surface area contributed by atoms with Crippen LogP contribution in [0, 0.1) is 0 Å². The molecule has 0 saturated heterocycles. The minimum atomic E-state index is -3.57. The predicted octanol–water partition coefficient (Wildman–Crippen LogP) is 3.73. The third-order valence-corrected chi connectivity index (χ3v) is 5.16. The lowest BCUT2D eigenvalue weighted by Crippen LogP contribution is -2.12. The van der Waals surface area contributed by atoms with Crippen molar-refractivity contribution in [2.24, 2.45) is 0 Å². The van der Waals surface area contributed by atoms with Crippen molar-refractivity contribution >= 4 is 24.9 Å². The van der Waals surface area contributed by atoms with Gasteiger partial charge in [-0.2, -0.15) is 0 Å². The van der Waals surface area contributed by atoms with E-state index in [1.165, 1.54) is 13.2 Å². The van der Waals surface area contributed by atoms with Gasteiger partial charge in [0, 0.05) is 6.08 Å². The minimum absolute atomic E-state index is 0.216. The third-order valence-electron chi connectivity index (χ3n) is 3.20. The first-order valence-electron chi connectivity index (χ1n) is 7.57. The maximum Gasteiger partial charge on any atom is 0.410 e. The number of rotatable bonds is 8. The molecule has 25 heavy (non-hydrogen) atoms. The molecule has 1 unspecified atom stereocenters. The Kier molecular flexibility index (Phi) is 6.39. The van der Waals surface area contributed by atoms with Crippen molar-refractivity contribution in [3.63, 3.8) is 0 Å². The average molecular weight is 362 g/mol. The first-order valence-corrected chi connectivity index (χ1v) is 9.11. The molecule has 0 aliphatic rings. The number of carboxylic acid groups (broad SMARTS) is 1. The molecule has 6 nitrogen and oxygen atoms in total. The van der Waals surface area contributed by atoms with Gasteiger partial charge in [0.15, 0.2) is 11.5 Å². The SMILES string of the molecule is CCOP(=O)(Oc1ccc(/C=C/C(=O)O)cc1OC)c1ccccc1. The van der Waals surface area contributed by atoms with E-state index in [0.717, 1.165) is 6.08 Å². The van der Waals surface area contributed by atoms with Crippen LogP contribution in [-0.2, 0) is 13.9 Å². The van der Waals surface area contributed by atoms with Crippen LogP contribution in [0.2, 0.25) is 0 Å². The highest BCUT2D eigenvalue weighted by molar-refractivity contribution is 7.62. The smallest absolute Gasteiger partial charge is 0.410 e. The molecule has 1 atom stereocenters. The average Bonchev–Trinajstić information content (AvgIpc) is 2.61. The van der Waals surface area contributed by atoms with Gasteiger partial charge >= 0.3 is 13.6 Å². The van der Waals surface area contributed by atoms with Crippen LogP contribution in [0.4, 0.5) is 0 Å². The number of carbonyl (C=O) groups is 1. The van der Waals surface area contributed by atoms with Gasteiger partial charge in [-0.05, 0) is 42.8 Å². The van der Waals surface area contributed by atoms with E-state index >= 15 is 0 Å². The Balaban J connectivity index is 2.36. The number of aliphatic carboxylic acids is 1. The highest BCUT2D eigenvalue weighted by Crippen LogP contribution is 2.49. The lowest BCUT2D eigenvalue weighted by Gasteiger charge is -2.20. The summed E-state index contributed by atoms with van der Waals surface area (Å²) in [6.45, 7) is 1.95. The Morgan fingerprint density at radius 2 is 1.88 bits per heavy atom. The van der Waals surface area contributed by atoms with Gasteiger partial charge < -0.3 is 14.4 Å². The second-order valence-electron chi connectivity index (χ2n) is 4.92. The Labute approximate surface area is 146 Å². The van der Waals surface area contributed by atoms with Crippen LogP contribution in [0.15, 0.2) is 54.6 Å². The normalized spacial score (nSPS) is 13.4. The van der Waals surface area contributed by atoms with E-state index in [-0.39, 0.29) is 12.4 Å². The minimum Gasteiger partial charge on any atom is -0.493 e. The van der Waals surface area contributed by atoms with Crippen molar-refractivity contribution in [3.8, 4) is 11.5 Å². The van der Waals surface area contributed by atoms with Crippen LogP contribution in [0.3, 0.4) is 0 Å². The summed E-state index contributed by atoms with van der Waals surface area (Å²) >= 11 is 0. The molecule has 1 N–H and O–H groups in total. The summed E-state index contributed by atoms with van der Waals surface area (Å²) in [5.74, 6) is -0.483. The van der Waals surface area contributed by atoms with Gasteiger partial charge in [0.1, 0.15) is 0 Å². The number of carboxylic acids is 1. The van der Waals surface area contributed by atoms with Gasteiger partial charge in [0.2, 0.25) is 0 Å². The van der Waals surface area contributed by atoms with Crippen molar-refractivity contribution in [2.75, 3.05) is 13.7 Å². The second kappa shape index (κ2) is 8.51. The summed E-state index contributed by atoms with van der Waals surface area (Å²) in [5, 5.41) is 9.14. The van der Waals surface area contributed by atoms with Gasteiger partial charge in [-0.15, -0.1) is 0 Å². The Bertz CT molecular complexity index is 800. The summed E-state index contributed by atoms with van der Waals surface area (Å²) < 4.78 is 29.5. The number of methoxy groups -OCH3 is 1. The molecule has 0 aliphatic heterocycles. The van der Waals surface area contributed by atoms with E-state index in [2.05, 4.69) is 0 Å². The van der Waals surface area contributed by atoms with Crippen LogP contribution in [-0.4, -0.2) is 24.8 Å². The molecule has 0 heterocycles. The summed E-state index contributed by atoms with van der Waals surface area (Å²) in [6.07, 6.45) is 2.44. The number of ether oxygens (including phenoxy) is 1. The molecule has 2 aromatic rings. The van der Waals surface area contributed by atoms with Crippen molar-refractivity contribution in [2.45, 2.75) is 6.92 Å². The van der Waals surface area contributed by atoms with Crippen molar-refractivity contribution in [3.05, 3.63) is 60.2 Å². The summed E-state index contributed by atoms with van der Waals surface area (Å²) in [4.78, 5) is 10.6. The number of hydrogen-bond donors (Lipinski definition) is 1. The first-order chi connectivity index (χ1) is 12.0. The third kappa shape index (κ3) is 4.95. The predicted molar refractivity (Wildman–Crippen MR) is 95.6 cm³/mol. The number of benzene rings is 2. The molecule has 0 radical (unpaired) electrons. The first kappa shape index (κ1) is 18.8. The lowest BCUT2D eigenvalue weighted by atomic mass is 10.2. The summed E-state index contributed by atoms with van der Waals surface area (Å²) in [7, 11) is -2.13. The van der Waals surface area contributed by atoms with Crippen molar-refractivity contribution in [1.29, 1.82) is 0 Å². The standard InChI is InChI=1S/C18H19O6P/c1-3-23-25(21,15-7-5-4-6-8-15)24-16-11-9-14(10-12-18(19)20)13-17(16)22-2/h4-13H,3H2,1-2H3,(H,19,20)/b12-10+. The zero-order chi connectivity index (χ0) is 18.3. The van der Waals surface area contributed by atoms with E-state index in [1.54, 1.807) is 49.4 Å². The van der Waals surface area contributed by atoms with E-state index in [4.69, 9.17) is 18.9 Å². The Morgan fingerprint density at radius 1 is 1.16 bits per heavy atom. The maximum absolute atomic E-state index is 13.2. The Hall–Kier alpha value is -2.56. The molecule has 7 heteroatoms. The molecule has 2 rings (SSSR count). The largest absolute Gasteiger partial charge is 0.493 e. The van der Waals surface area contributed by atoms with Crippen molar-refractivity contribution < 1.29 is 28.3 Å². The van der Waals surface area contributed by atoms with Crippen LogP contribution < -0.4 is 14.6 Å². The maximum atomic E-state index is 13.2. The molecule has 0 saturated carbocycles. The van der Waals surface area contributed by atoms with Crippen LogP contribution in [0.25, 0.3) is 6.08 Å². The molecular weight excluding hydrogens is 343 g/mol. The second-order valence-corrected chi connectivity index (χ2v) is 6.88. The molecule has 0 aromatic heterocycles. The van der Waals surface area contributed by atoms with E-state index in [9.17, 15) is 9.36 Å². The number of hydrogen-bond acceptors (Lipinski definition) is 5. The highest BCUT2D eigenvalue weighted by Gasteiger charge is 2.29. The van der Waals surface area contributed by atoms with Crippen LogP contribution >= 0.6 is 7.60 Å². The molecule has 0 aliphatic carbocycles. The topological polar surface area (TPSA) is 82.1 Å². The molecule has 0 spiro atoms. The highest BCUT2D eigenvalue weighted by atomic mass is 31.2. The zero-order valence-electron chi connectivity index (χ0n) is 13.9. The van der Waals surface area contributed by atoms with Crippen molar-refractivity contribution in [1.82, 2.24) is 0 Å². The fourth-order valence-electron chi connectivity index (χ4n) is 2.09. The van der Waals surface area contributed by atoms with E-state index in [1.807, 2.05) is 6.07 Å². The summed E-state index contributed by atoms with van der Waals surface area (Å²) in [6, 6.07) is 13.5. The quantitative estimate of drug-likeness (QED) is 0.569. The van der Waals surface area contributed by atoms with Gasteiger partial charge in [-0.25, -0.2) is 9.36 Å². The lowest BCUT2D eigenvalue weighted by molar-refractivity contribution is -0.131. The van der Waals surface area contributed by atoms with E-state index in [0.29, 0.717) is 16.6 Å². The van der Waals surface area contributed by atoms with Crippen LogP contribution in [0.5, 0.6) is 11.5 Å². The molecule has 2 aromatic carbocycles. The van der Waals surface area contributed by atoms with Gasteiger partial charge in [0.25, 0.3) is 0 Å². The molecule has 0 fully saturated rings. The Morgan fingerprint density at radius 3 is 2.48 bits per heavy atom. The zero-order valence-corrected chi connectivity index (χ0v) is 14.8. The molecular formula is C18H19O6P. The van der Waals surface area contributed by atoms with Gasteiger partial charge in [-0.1, -0.05) is 24.3 Å². The molecule has 0 bridgehead atoms. The molecule has 0 amide bonds. The fraction of sp³-hybridized carbons (Fsp3) is 0.167. The van der Waals surface area contributed by atoms with Gasteiger partial charge in [-0.3, -0.25) is 4.52 Å². The monoisotopic (exact) mass is 362 g/mol.